The van der Waals surface area contributed by atoms with Gasteiger partial charge in [0.1, 0.15) is 21.5 Å². The molecule has 1 atom stereocenters. The lowest BCUT2D eigenvalue weighted by atomic mass is 9.77. The van der Waals surface area contributed by atoms with Gasteiger partial charge < -0.3 is 20.1 Å². The van der Waals surface area contributed by atoms with Gasteiger partial charge in [-0.1, -0.05) is 11.6 Å². The number of hydrogen-bond donors (Lipinski definition) is 2. The second kappa shape index (κ2) is 7.98. The number of anilines is 2. The van der Waals surface area contributed by atoms with Crippen LogP contribution in [0, 0.1) is 0 Å². The molecule has 1 saturated carbocycles. The van der Waals surface area contributed by atoms with E-state index in [1.807, 2.05) is 24.3 Å². The van der Waals surface area contributed by atoms with Crippen molar-refractivity contribution in [2.75, 3.05) is 35.9 Å². The lowest BCUT2D eigenvalue weighted by Crippen LogP contribution is -2.48. The number of ether oxygens (including phenoxy) is 1. The van der Waals surface area contributed by atoms with Gasteiger partial charge in [-0.25, -0.2) is 4.98 Å². The smallest absolute Gasteiger partial charge is 0.236 e. The van der Waals surface area contributed by atoms with Gasteiger partial charge in [-0.05, 0) is 56.4 Å². The van der Waals surface area contributed by atoms with E-state index in [2.05, 4.69) is 15.2 Å². The van der Waals surface area contributed by atoms with E-state index in [9.17, 15) is 9.32 Å². The highest BCUT2D eigenvalue weighted by molar-refractivity contribution is 7.85. The summed E-state index contributed by atoms with van der Waals surface area (Å²) in [5.41, 5.74) is 0.799. The maximum absolute atomic E-state index is 12.5. The molecule has 0 bridgehead atoms. The van der Waals surface area contributed by atoms with Crippen LogP contribution in [0.1, 0.15) is 43.8 Å². The second-order valence-electron chi connectivity index (χ2n) is 8.33. The number of aliphatic hydroxyl groups excluding tert-OH is 1. The highest BCUT2D eigenvalue weighted by Crippen LogP contribution is 2.41. The van der Waals surface area contributed by atoms with Gasteiger partial charge in [-0.15, -0.1) is 0 Å². The molecule has 2 aliphatic heterocycles. The second-order valence-corrected chi connectivity index (χ2v) is 10.1. The molecule has 3 heterocycles. The zero-order valence-corrected chi connectivity index (χ0v) is 18.2. The van der Waals surface area contributed by atoms with Gasteiger partial charge in [0.2, 0.25) is 5.88 Å². The summed E-state index contributed by atoms with van der Waals surface area (Å²) in [7, 11) is -1.28. The van der Waals surface area contributed by atoms with Crippen LogP contribution in [0.3, 0.4) is 0 Å². The van der Waals surface area contributed by atoms with Gasteiger partial charge in [0.25, 0.3) is 0 Å². The van der Waals surface area contributed by atoms with E-state index in [4.69, 9.17) is 21.3 Å². The normalized spacial score (nSPS) is 22.9. The van der Waals surface area contributed by atoms with Crippen molar-refractivity contribution in [1.29, 1.82) is 0 Å². The third kappa shape index (κ3) is 3.65. The molecule has 1 aromatic carbocycles. The molecule has 9 heteroatoms. The molecule has 1 aliphatic carbocycles. The Morgan fingerprint density at radius 2 is 1.97 bits per heavy atom. The zero-order valence-electron chi connectivity index (χ0n) is 16.6. The summed E-state index contributed by atoms with van der Waals surface area (Å²) in [5.74, 6) is 2.05. The van der Waals surface area contributed by atoms with Crippen molar-refractivity contribution in [3.05, 3.63) is 35.1 Å². The molecule has 0 amide bonds. The Hall–Kier alpha value is -1.90. The molecule has 5 rings (SSSR count). The first-order chi connectivity index (χ1) is 14.6. The van der Waals surface area contributed by atoms with Crippen LogP contribution in [0.4, 0.5) is 11.5 Å². The fourth-order valence-corrected chi connectivity index (χ4v) is 5.48. The third-order valence-electron chi connectivity index (χ3n) is 6.43. The highest BCUT2D eigenvalue weighted by atomic mass is 35.5. The molecular formula is C21H25ClN4O3S. The molecule has 0 spiro atoms. The predicted octanol–water partition coefficient (Wildman–Crippen LogP) is 3.30. The average Bonchev–Trinajstić information content (AvgIpc) is 3.12. The summed E-state index contributed by atoms with van der Waals surface area (Å²) >= 11 is 6.01. The number of benzene rings is 1. The van der Waals surface area contributed by atoms with Crippen molar-refractivity contribution < 1.29 is 14.1 Å². The van der Waals surface area contributed by atoms with Gasteiger partial charge in [-0.2, -0.15) is 4.98 Å². The summed E-state index contributed by atoms with van der Waals surface area (Å²) in [4.78, 5) is 12.3. The molecule has 7 nitrogen and oxygen atoms in total. The number of rotatable bonds is 5. The molecule has 2 fully saturated rings. The van der Waals surface area contributed by atoms with Crippen LogP contribution in [0.5, 0.6) is 5.88 Å². The maximum atomic E-state index is 12.5. The van der Waals surface area contributed by atoms with E-state index in [0.717, 1.165) is 56.0 Å². The number of aromatic nitrogens is 2. The monoisotopic (exact) mass is 448 g/mol. The summed E-state index contributed by atoms with van der Waals surface area (Å²) in [6.07, 6.45) is 4.68. The molecule has 2 N–H and O–H groups in total. The fraction of sp³-hybridized carbons (Fsp3) is 0.524. The number of hydrogen-bond acceptors (Lipinski definition) is 7. The van der Waals surface area contributed by atoms with Crippen LogP contribution in [-0.2, 0) is 10.8 Å². The quantitative estimate of drug-likeness (QED) is 0.725. The lowest BCUT2D eigenvalue weighted by molar-refractivity contribution is 0.143. The summed E-state index contributed by atoms with van der Waals surface area (Å²) in [6.45, 7) is 1.85. The SMILES string of the molecule is O=[S@]1COc2nc(C3CCN(c4ccc(Cl)cc4)CC3)nc(NC3(CO)CCC3)c21. The lowest BCUT2D eigenvalue weighted by Gasteiger charge is -2.41. The van der Waals surface area contributed by atoms with E-state index < -0.39 is 10.8 Å². The Morgan fingerprint density at radius 1 is 1.23 bits per heavy atom. The van der Waals surface area contributed by atoms with Gasteiger partial charge >= 0.3 is 0 Å². The number of fused-ring (bicyclic) bond motifs is 1. The van der Waals surface area contributed by atoms with E-state index >= 15 is 0 Å². The molecule has 30 heavy (non-hydrogen) atoms. The highest BCUT2D eigenvalue weighted by Gasteiger charge is 2.39. The standard InChI is InChI=1S/C21H25ClN4O3S/c22-15-2-4-16(5-3-15)26-10-6-14(7-11-26)18-23-19(25-21(12-27)8-1-9-21)17-20(24-18)29-13-30(17)28/h2-5,14,27H,1,6-13H2,(H,23,24,25)/t30-/m0/s1. The topological polar surface area (TPSA) is 87.6 Å². The number of piperidine rings is 1. The molecule has 160 valence electrons. The van der Waals surface area contributed by atoms with Gasteiger partial charge in [-0.3, -0.25) is 4.21 Å². The Balaban J connectivity index is 1.37. The Bertz CT molecular complexity index is 954. The number of aliphatic hydroxyl groups is 1. The Morgan fingerprint density at radius 3 is 2.60 bits per heavy atom. The third-order valence-corrected chi connectivity index (χ3v) is 7.84. The van der Waals surface area contributed by atoms with E-state index in [1.165, 1.54) is 5.69 Å². The number of halogens is 1. The summed E-state index contributed by atoms with van der Waals surface area (Å²) in [6, 6.07) is 7.93. The summed E-state index contributed by atoms with van der Waals surface area (Å²) < 4.78 is 18.1. The van der Waals surface area contributed by atoms with Crippen LogP contribution in [-0.4, -0.2) is 50.5 Å². The van der Waals surface area contributed by atoms with Crippen molar-refractivity contribution in [3.63, 3.8) is 0 Å². The van der Waals surface area contributed by atoms with Crippen molar-refractivity contribution in [2.45, 2.75) is 48.5 Å². The molecule has 1 aromatic heterocycles. The van der Waals surface area contributed by atoms with Crippen molar-refractivity contribution in [1.82, 2.24) is 9.97 Å². The van der Waals surface area contributed by atoms with E-state index in [1.54, 1.807) is 0 Å². The van der Waals surface area contributed by atoms with Crippen molar-refractivity contribution in [3.8, 4) is 5.88 Å². The number of nitrogens with zero attached hydrogens (tertiary/aromatic N) is 3. The van der Waals surface area contributed by atoms with Crippen LogP contribution in [0.25, 0.3) is 0 Å². The molecule has 1 saturated heterocycles. The minimum Gasteiger partial charge on any atom is -0.463 e. The predicted molar refractivity (Wildman–Crippen MR) is 117 cm³/mol. The average molecular weight is 449 g/mol. The van der Waals surface area contributed by atoms with Crippen molar-refractivity contribution in [2.24, 2.45) is 0 Å². The van der Waals surface area contributed by atoms with E-state index in [0.29, 0.717) is 16.6 Å². The largest absolute Gasteiger partial charge is 0.463 e. The first kappa shape index (κ1) is 20.0. The summed E-state index contributed by atoms with van der Waals surface area (Å²) in [5, 5.41) is 14.0. The van der Waals surface area contributed by atoms with Gasteiger partial charge in [0.05, 0.1) is 12.1 Å². The van der Waals surface area contributed by atoms with Crippen LogP contribution in [0.2, 0.25) is 5.02 Å². The zero-order chi connectivity index (χ0) is 20.7. The molecular weight excluding hydrogens is 424 g/mol. The first-order valence-electron chi connectivity index (χ1n) is 10.4. The van der Waals surface area contributed by atoms with Gasteiger partial charge in [0.15, 0.2) is 11.8 Å². The van der Waals surface area contributed by atoms with Crippen LogP contribution < -0.4 is 15.0 Å². The minimum absolute atomic E-state index is 0.0358. The van der Waals surface area contributed by atoms with Crippen LogP contribution >= 0.6 is 11.6 Å². The van der Waals surface area contributed by atoms with E-state index in [-0.39, 0.29) is 24.0 Å². The molecule has 2 aromatic rings. The Kier molecular flexibility index (Phi) is 5.33. The van der Waals surface area contributed by atoms with Crippen LogP contribution in [0.15, 0.2) is 29.2 Å². The first-order valence-corrected chi connectivity index (χ1v) is 12.1. The number of nitrogens with one attached hydrogen (secondary N) is 1. The fourth-order valence-electron chi connectivity index (χ4n) is 4.41. The maximum Gasteiger partial charge on any atom is 0.236 e. The molecule has 0 radical (unpaired) electrons. The van der Waals surface area contributed by atoms with Gasteiger partial charge in [0, 0.05) is 29.7 Å². The molecule has 0 unspecified atom stereocenters. The van der Waals surface area contributed by atoms with Crippen molar-refractivity contribution >= 4 is 33.9 Å². The minimum atomic E-state index is -1.28. The Labute approximate surface area is 183 Å². The molecule has 3 aliphatic rings.